The molecule has 0 atom stereocenters. The number of pyridine rings is 1. The lowest BCUT2D eigenvalue weighted by molar-refractivity contribution is 1.33. The number of nitrogens with zero attached hydrogens (tertiary/aromatic N) is 3. The molecule has 0 bridgehead atoms. The van der Waals surface area contributed by atoms with Crippen molar-refractivity contribution >= 4 is 5.69 Å². The normalized spacial score (nSPS) is 7.88. The molecule has 0 saturated carbocycles. The lowest BCUT2D eigenvalue weighted by Gasteiger charge is -1.69. The first-order valence-electron chi connectivity index (χ1n) is 2.18. The highest BCUT2D eigenvalue weighted by Gasteiger charge is 1.96. The highest BCUT2D eigenvalue weighted by atomic mass is 14.8. The molecule has 0 unspecified atom stereocenters. The fraction of sp³-hybridized carbons (Fsp3) is 0. The second-order valence-electron chi connectivity index (χ2n) is 1.31. The molecule has 3 nitrogen and oxygen atoms in total. The van der Waals surface area contributed by atoms with Gasteiger partial charge in [-0.15, -0.1) is 0 Å². The SMILES string of the molecule is N#[N+]c1ccncc1. The van der Waals surface area contributed by atoms with Crippen LogP contribution in [0, 0.1) is 5.39 Å². The van der Waals surface area contributed by atoms with Gasteiger partial charge in [0, 0.05) is 12.4 Å². The Hall–Kier alpha value is -1.43. The second kappa shape index (κ2) is 2.03. The molecule has 1 aromatic rings. The van der Waals surface area contributed by atoms with Crippen molar-refractivity contribution in [2.24, 2.45) is 0 Å². The van der Waals surface area contributed by atoms with Crippen LogP contribution in [0.15, 0.2) is 24.5 Å². The predicted molar refractivity (Wildman–Crippen MR) is 29.0 cm³/mol. The molecular formula is C5H4N3+. The van der Waals surface area contributed by atoms with E-state index in [0.29, 0.717) is 5.69 Å². The largest absolute Gasteiger partial charge is 0.388 e. The Morgan fingerprint density at radius 3 is 2.38 bits per heavy atom. The summed E-state index contributed by atoms with van der Waals surface area (Å²) in [5.41, 5.74) is 0.528. The highest BCUT2D eigenvalue weighted by Crippen LogP contribution is 2.05. The summed E-state index contributed by atoms with van der Waals surface area (Å²) in [6.45, 7) is 0. The first kappa shape index (κ1) is 4.72. The number of diazo groups is 1. The summed E-state index contributed by atoms with van der Waals surface area (Å²) < 4.78 is 0. The van der Waals surface area contributed by atoms with Crippen molar-refractivity contribution in [1.82, 2.24) is 4.98 Å². The van der Waals surface area contributed by atoms with Crippen LogP contribution in [0.1, 0.15) is 0 Å². The summed E-state index contributed by atoms with van der Waals surface area (Å²) >= 11 is 0. The molecule has 0 fully saturated rings. The third kappa shape index (κ3) is 0.793. The molecule has 0 aliphatic carbocycles. The molecule has 0 saturated heterocycles. The predicted octanol–water partition coefficient (Wildman–Crippen LogP) is 1.57. The molecule has 0 amide bonds. The topological polar surface area (TPSA) is 41.0 Å². The minimum Gasteiger partial charge on any atom is -0.264 e. The van der Waals surface area contributed by atoms with Crippen molar-refractivity contribution in [1.29, 1.82) is 5.39 Å². The van der Waals surface area contributed by atoms with Gasteiger partial charge >= 0.3 is 5.69 Å². The molecule has 8 heavy (non-hydrogen) atoms. The number of hydrogen-bond acceptors (Lipinski definition) is 2. The number of aromatic nitrogens is 1. The maximum absolute atomic E-state index is 8.13. The van der Waals surface area contributed by atoms with Crippen LogP contribution in [0.25, 0.3) is 4.98 Å². The monoisotopic (exact) mass is 106 g/mol. The maximum Gasteiger partial charge on any atom is 0.388 e. The molecule has 0 aromatic carbocycles. The van der Waals surface area contributed by atoms with E-state index >= 15 is 0 Å². The Kier molecular flexibility index (Phi) is 1.20. The van der Waals surface area contributed by atoms with Gasteiger partial charge < -0.3 is 0 Å². The van der Waals surface area contributed by atoms with Crippen molar-refractivity contribution in [3.05, 3.63) is 29.5 Å². The Morgan fingerprint density at radius 2 is 2.00 bits per heavy atom. The van der Waals surface area contributed by atoms with E-state index in [2.05, 4.69) is 9.96 Å². The summed E-state index contributed by atoms with van der Waals surface area (Å²) in [5, 5.41) is 8.13. The van der Waals surface area contributed by atoms with Crippen molar-refractivity contribution < 1.29 is 0 Å². The summed E-state index contributed by atoms with van der Waals surface area (Å²) in [6.07, 6.45) is 3.13. The van der Waals surface area contributed by atoms with E-state index in [1.54, 1.807) is 24.5 Å². The quantitative estimate of drug-likeness (QED) is 0.471. The Labute approximate surface area is 46.6 Å². The zero-order valence-corrected chi connectivity index (χ0v) is 4.15. The van der Waals surface area contributed by atoms with Crippen LogP contribution >= 0.6 is 0 Å². The second-order valence-corrected chi connectivity index (χ2v) is 1.31. The van der Waals surface area contributed by atoms with Gasteiger partial charge in [0.2, 0.25) is 5.39 Å². The third-order valence-electron chi connectivity index (χ3n) is 0.778. The molecular weight excluding hydrogens is 102 g/mol. The van der Waals surface area contributed by atoms with Gasteiger partial charge in [0.15, 0.2) is 4.98 Å². The van der Waals surface area contributed by atoms with E-state index in [1.807, 2.05) is 0 Å². The summed E-state index contributed by atoms with van der Waals surface area (Å²) in [6, 6.07) is 3.22. The van der Waals surface area contributed by atoms with Crippen molar-refractivity contribution in [3.8, 4) is 0 Å². The zero-order chi connectivity index (χ0) is 5.82. The van der Waals surface area contributed by atoms with Gasteiger partial charge in [-0.3, -0.25) is 4.98 Å². The summed E-state index contributed by atoms with van der Waals surface area (Å²) in [4.78, 5) is 6.65. The summed E-state index contributed by atoms with van der Waals surface area (Å²) in [5.74, 6) is 0. The van der Waals surface area contributed by atoms with Gasteiger partial charge in [0.05, 0.1) is 12.1 Å². The van der Waals surface area contributed by atoms with E-state index in [1.165, 1.54) is 0 Å². The van der Waals surface area contributed by atoms with Crippen LogP contribution in [-0.4, -0.2) is 4.98 Å². The molecule has 0 radical (unpaired) electrons. The maximum atomic E-state index is 8.13. The third-order valence-corrected chi connectivity index (χ3v) is 0.778. The Bertz CT molecular complexity index is 199. The number of hydrogen-bond donors (Lipinski definition) is 0. The smallest absolute Gasteiger partial charge is 0.264 e. The molecule has 0 aliphatic heterocycles. The lowest BCUT2D eigenvalue weighted by atomic mass is 10.4. The molecule has 0 spiro atoms. The standard InChI is InChI=1S/C5H4N3/c6-8-5-1-3-7-4-2-5/h1-4H/q+1. The van der Waals surface area contributed by atoms with Gasteiger partial charge in [-0.2, -0.15) is 0 Å². The van der Waals surface area contributed by atoms with Crippen molar-refractivity contribution in [2.45, 2.75) is 0 Å². The molecule has 0 N–H and O–H groups in total. The molecule has 0 aliphatic rings. The van der Waals surface area contributed by atoms with E-state index in [0.717, 1.165) is 0 Å². The van der Waals surface area contributed by atoms with Gasteiger partial charge in [-0.25, -0.2) is 0 Å². The van der Waals surface area contributed by atoms with Gasteiger partial charge in [-0.1, -0.05) is 0 Å². The molecule has 1 heterocycles. The van der Waals surface area contributed by atoms with E-state index in [4.69, 9.17) is 5.39 Å². The fourth-order valence-corrected chi connectivity index (χ4v) is 0.411. The first-order chi connectivity index (χ1) is 3.93. The molecule has 38 valence electrons. The van der Waals surface area contributed by atoms with Crippen LogP contribution in [0.3, 0.4) is 0 Å². The van der Waals surface area contributed by atoms with E-state index in [-0.39, 0.29) is 0 Å². The van der Waals surface area contributed by atoms with Crippen LogP contribution in [0.2, 0.25) is 0 Å². The zero-order valence-electron chi connectivity index (χ0n) is 4.15. The van der Waals surface area contributed by atoms with Gasteiger partial charge in [0.25, 0.3) is 0 Å². The minimum atomic E-state index is 0.528. The molecule has 1 rings (SSSR count). The van der Waals surface area contributed by atoms with E-state index in [9.17, 15) is 0 Å². The molecule has 3 heteroatoms. The highest BCUT2D eigenvalue weighted by molar-refractivity contribution is 5.40. The number of rotatable bonds is 0. The summed E-state index contributed by atoms with van der Waals surface area (Å²) in [7, 11) is 0. The fourth-order valence-electron chi connectivity index (χ4n) is 0.411. The van der Waals surface area contributed by atoms with Crippen LogP contribution in [0.5, 0.6) is 0 Å². The molecule has 1 aromatic heterocycles. The average Bonchev–Trinajstić information content (AvgIpc) is 1.90. The Morgan fingerprint density at radius 1 is 1.38 bits per heavy atom. The van der Waals surface area contributed by atoms with Crippen LogP contribution in [0.4, 0.5) is 5.69 Å². The Balaban J connectivity index is 3.05. The van der Waals surface area contributed by atoms with Crippen molar-refractivity contribution in [3.63, 3.8) is 0 Å². The first-order valence-corrected chi connectivity index (χ1v) is 2.18. The van der Waals surface area contributed by atoms with Gasteiger partial charge in [0.1, 0.15) is 0 Å². The van der Waals surface area contributed by atoms with E-state index < -0.39 is 0 Å². The lowest BCUT2D eigenvalue weighted by Crippen LogP contribution is -1.62. The van der Waals surface area contributed by atoms with Crippen LogP contribution in [-0.2, 0) is 0 Å². The average molecular weight is 106 g/mol. The van der Waals surface area contributed by atoms with Crippen LogP contribution < -0.4 is 0 Å². The minimum absolute atomic E-state index is 0.528. The van der Waals surface area contributed by atoms with Gasteiger partial charge in [-0.05, 0) is 0 Å². The van der Waals surface area contributed by atoms with Crippen molar-refractivity contribution in [2.75, 3.05) is 0 Å².